The molecular formula is C57H37N5. The van der Waals surface area contributed by atoms with E-state index in [0.29, 0.717) is 17.5 Å². The van der Waals surface area contributed by atoms with Crippen molar-refractivity contribution in [2.45, 2.75) is 0 Å². The molecular weight excluding hydrogens is 755 g/mol. The molecule has 0 aliphatic heterocycles. The van der Waals surface area contributed by atoms with E-state index in [1.54, 1.807) is 0 Å². The summed E-state index contributed by atoms with van der Waals surface area (Å²) in [4.78, 5) is 15.5. The fourth-order valence-corrected chi connectivity index (χ4v) is 9.14. The van der Waals surface area contributed by atoms with Crippen LogP contribution in [0, 0.1) is 0 Å². The van der Waals surface area contributed by atoms with Gasteiger partial charge in [0, 0.05) is 49.6 Å². The Kier molecular flexibility index (Phi) is 8.42. The van der Waals surface area contributed by atoms with Crippen LogP contribution in [0.3, 0.4) is 0 Å². The van der Waals surface area contributed by atoms with Gasteiger partial charge in [-0.2, -0.15) is 0 Å². The summed E-state index contributed by atoms with van der Waals surface area (Å²) in [6.45, 7) is 0. The normalized spacial score (nSPS) is 11.5. The summed E-state index contributed by atoms with van der Waals surface area (Å²) in [6, 6.07) is 79.3. The number of hydrogen-bond acceptors (Lipinski definition) is 3. The molecule has 0 radical (unpaired) electrons. The number of benzene rings is 9. The van der Waals surface area contributed by atoms with Crippen LogP contribution in [0.4, 0.5) is 0 Å². The second kappa shape index (κ2) is 14.7. The summed E-state index contributed by atoms with van der Waals surface area (Å²) in [5.41, 5.74) is 14.1. The molecule has 0 amide bonds. The average Bonchev–Trinajstić information content (AvgIpc) is 3.87. The molecule has 5 nitrogen and oxygen atoms in total. The Hall–Kier alpha value is -8.41. The van der Waals surface area contributed by atoms with Gasteiger partial charge in [0.05, 0.1) is 22.1 Å². The van der Waals surface area contributed by atoms with Crippen LogP contribution in [0.2, 0.25) is 0 Å². The van der Waals surface area contributed by atoms with Crippen molar-refractivity contribution in [2.24, 2.45) is 0 Å². The lowest BCUT2D eigenvalue weighted by Gasteiger charge is -2.12. The van der Waals surface area contributed by atoms with Gasteiger partial charge in [0.25, 0.3) is 0 Å². The Bertz CT molecular complexity index is 3570. The zero-order valence-corrected chi connectivity index (χ0v) is 33.6. The molecule has 0 fully saturated rings. The number of nitrogens with zero attached hydrogens (tertiary/aromatic N) is 5. The first kappa shape index (κ1) is 35.5. The van der Waals surface area contributed by atoms with E-state index in [0.717, 1.165) is 61.3 Å². The Labute approximate surface area is 358 Å². The highest BCUT2D eigenvalue weighted by Crippen LogP contribution is 2.41. The molecule has 0 spiro atoms. The fraction of sp³-hybridized carbons (Fsp3) is 0. The van der Waals surface area contributed by atoms with Crippen molar-refractivity contribution in [3.8, 4) is 67.8 Å². The van der Waals surface area contributed by atoms with Crippen molar-refractivity contribution in [3.05, 3.63) is 224 Å². The van der Waals surface area contributed by atoms with E-state index in [-0.39, 0.29) is 0 Å². The van der Waals surface area contributed by atoms with Crippen molar-refractivity contribution in [2.75, 3.05) is 0 Å². The van der Waals surface area contributed by atoms with E-state index < -0.39 is 0 Å². The lowest BCUT2D eigenvalue weighted by atomic mass is 9.96. The highest BCUT2D eigenvalue weighted by atomic mass is 15.0. The highest BCUT2D eigenvalue weighted by Gasteiger charge is 2.19. The molecule has 0 bridgehead atoms. The smallest absolute Gasteiger partial charge is 0.164 e. The maximum Gasteiger partial charge on any atom is 0.164 e. The topological polar surface area (TPSA) is 48.5 Å². The van der Waals surface area contributed by atoms with Gasteiger partial charge in [0.1, 0.15) is 0 Å². The van der Waals surface area contributed by atoms with E-state index in [1.165, 1.54) is 32.7 Å². The SMILES string of the molecule is c1ccc(-c2ccc3c(c2)c2c(-c4cccc(-c5nc(-c6ccccc6)nc(-c6cccc(-n7c8ccccc8c8ccccc87)c6)n5)c4)cccc2n3-c2ccccc2)cc1. The minimum Gasteiger partial charge on any atom is -0.309 e. The molecule has 9 aromatic carbocycles. The third-order valence-electron chi connectivity index (χ3n) is 12.0. The minimum absolute atomic E-state index is 0.614. The van der Waals surface area contributed by atoms with E-state index >= 15 is 0 Å². The first-order chi connectivity index (χ1) is 30.7. The molecule has 0 aliphatic rings. The Morgan fingerprint density at radius 3 is 1.42 bits per heavy atom. The third-order valence-corrected chi connectivity index (χ3v) is 12.0. The second-order valence-corrected chi connectivity index (χ2v) is 15.6. The summed E-state index contributed by atoms with van der Waals surface area (Å²) in [5, 5.41) is 4.84. The fourth-order valence-electron chi connectivity index (χ4n) is 9.14. The number of para-hydroxylation sites is 3. The summed E-state index contributed by atoms with van der Waals surface area (Å²) in [7, 11) is 0. The van der Waals surface area contributed by atoms with Gasteiger partial charge in [-0.25, -0.2) is 15.0 Å². The van der Waals surface area contributed by atoms with Crippen LogP contribution in [0.15, 0.2) is 224 Å². The molecule has 5 heteroatoms. The molecule has 3 aromatic heterocycles. The first-order valence-corrected chi connectivity index (χ1v) is 20.9. The van der Waals surface area contributed by atoms with E-state index in [9.17, 15) is 0 Å². The molecule has 0 saturated carbocycles. The summed E-state index contributed by atoms with van der Waals surface area (Å²) < 4.78 is 4.71. The van der Waals surface area contributed by atoms with Crippen LogP contribution < -0.4 is 0 Å². The lowest BCUT2D eigenvalue weighted by Crippen LogP contribution is -2.01. The van der Waals surface area contributed by atoms with Gasteiger partial charge in [-0.15, -0.1) is 0 Å². The van der Waals surface area contributed by atoms with Gasteiger partial charge in [0.2, 0.25) is 0 Å². The van der Waals surface area contributed by atoms with Gasteiger partial charge in [0.15, 0.2) is 17.5 Å². The van der Waals surface area contributed by atoms with Gasteiger partial charge < -0.3 is 9.13 Å². The summed E-state index contributed by atoms with van der Waals surface area (Å²) in [6.07, 6.45) is 0. The number of rotatable bonds is 7. The second-order valence-electron chi connectivity index (χ2n) is 15.6. The van der Waals surface area contributed by atoms with Crippen LogP contribution in [0.1, 0.15) is 0 Å². The van der Waals surface area contributed by atoms with Gasteiger partial charge in [-0.3, -0.25) is 0 Å². The quantitative estimate of drug-likeness (QED) is 0.162. The van der Waals surface area contributed by atoms with Crippen LogP contribution >= 0.6 is 0 Å². The molecule has 290 valence electrons. The van der Waals surface area contributed by atoms with Crippen molar-refractivity contribution >= 4 is 43.6 Å². The van der Waals surface area contributed by atoms with Crippen LogP contribution in [-0.4, -0.2) is 24.1 Å². The molecule has 0 saturated heterocycles. The van der Waals surface area contributed by atoms with E-state index in [2.05, 4.69) is 215 Å². The van der Waals surface area contributed by atoms with Gasteiger partial charge >= 0.3 is 0 Å². The zero-order chi connectivity index (χ0) is 41.0. The number of aromatic nitrogens is 5. The van der Waals surface area contributed by atoms with E-state index in [4.69, 9.17) is 15.0 Å². The van der Waals surface area contributed by atoms with Crippen molar-refractivity contribution in [3.63, 3.8) is 0 Å². The van der Waals surface area contributed by atoms with Crippen molar-refractivity contribution in [1.82, 2.24) is 24.1 Å². The molecule has 3 heterocycles. The molecule has 12 aromatic rings. The maximum absolute atomic E-state index is 5.25. The van der Waals surface area contributed by atoms with Crippen LogP contribution in [0.5, 0.6) is 0 Å². The van der Waals surface area contributed by atoms with Gasteiger partial charge in [-0.1, -0.05) is 164 Å². The lowest BCUT2D eigenvalue weighted by molar-refractivity contribution is 1.07. The molecule has 0 aliphatic carbocycles. The maximum atomic E-state index is 5.25. The third kappa shape index (κ3) is 5.98. The van der Waals surface area contributed by atoms with Gasteiger partial charge in [-0.05, 0) is 82.9 Å². The molecule has 62 heavy (non-hydrogen) atoms. The minimum atomic E-state index is 0.614. The zero-order valence-electron chi connectivity index (χ0n) is 33.6. The highest BCUT2D eigenvalue weighted by molar-refractivity contribution is 6.17. The Morgan fingerprint density at radius 2 is 0.726 bits per heavy atom. The number of hydrogen-bond donors (Lipinski definition) is 0. The molecule has 12 rings (SSSR count). The Morgan fingerprint density at radius 1 is 0.258 bits per heavy atom. The largest absolute Gasteiger partial charge is 0.309 e. The number of fused-ring (bicyclic) bond motifs is 6. The summed E-state index contributed by atoms with van der Waals surface area (Å²) in [5.74, 6) is 1.85. The van der Waals surface area contributed by atoms with E-state index in [1.807, 2.05) is 18.2 Å². The van der Waals surface area contributed by atoms with Crippen molar-refractivity contribution in [1.29, 1.82) is 0 Å². The predicted molar refractivity (Wildman–Crippen MR) is 256 cm³/mol. The molecule has 0 atom stereocenters. The average molecular weight is 792 g/mol. The molecule has 0 unspecified atom stereocenters. The summed E-state index contributed by atoms with van der Waals surface area (Å²) >= 11 is 0. The predicted octanol–water partition coefficient (Wildman–Crippen LogP) is 14.4. The van der Waals surface area contributed by atoms with Crippen LogP contribution in [0.25, 0.3) is 111 Å². The van der Waals surface area contributed by atoms with Crippen molar-refractivity contribution < 1.29 is 0 Å². The Balaban J connectivity index is 1.03. The first-order valence-electron chi connectivity index (χ1n) is 20.9. The standard InChI is InChI=1S/C57H37N5/c1-4-17-38(18-5-1)40-33-34-52-49(37-40)54-46(29-16-32-53(54)61(52)44-24-8-3-9-25-44)41-21-14-22-42(35-41)56-58-55(39-19-6-2-7-20-39)59-57(60-56)43-23-15-26-45(36-43)62-50-30-12-10-27-47(50)48-28-11-13-31-51(48)62/h1-37H. The van der Waals surface area contributed by atoms with Crippen LogP contribution in [-0.2, 0) is 0 Å². The monoisotopic (exact) mass is 791 g/mol. The molecule has 0 N–H and O–H groups in total.